The first-order valence-corrected chi connectivity index (χ1v) is 6.18. The zero-order valence-electron chi connectivity index (χ0n) is 10.8. The van der Waals surface area contributed by atoms with E-state index in [-0.39, 0.29) is 6.03 Å². The van der Waals surface area contributed by atoms with Crippen LogP contribution in [0.25, 0.3) is 0 Å². The zero-order valence-corrected chi connectivity index (χ0v) is 10.8. The number of likely N-dealkylation sites (tertiary alicyclic amines) is 1. The van der Waals surface area contributed by atoms with Gasteiger partial charge >= 0.3 is 12.0 Å². The molecule has 0 spiro atoms. The summed E-state index contributed by atoms with van der Waals surface area (Å²) in [6.07, 6.45) is 3.14. The maximum atomic E-state index is 12.1. The molecule has 5 heteroatoms. The third-order valence-electron chi connectivity index (χ3n) is 3.53. The highest BCUT2D eigenvalue weighted by Gasteiger charge is 2.27. The van der Waals surface area contributed by atoms with Gasteiger partial charge in [0.15, 0.2) is 0 Å². The Balaban J connectivity index is 2.59. The number of carboxylic acids is 1. The molecule has 0 aromatic rings. The highest BCUT2D eigenvalue weighted by molar-refractivity contribution is 5.82. The molecule has 0 saturated carbocycles. The second-order valence-electron chi connectivity index (χ2n) is 4.93. The van der Waals surface area contributed by atoms with Gasteiger partial charge in [0.05, 0.1) is 0 Å². The summed E-state index contributed by atoms with van der Waals surface area (Å²) in [7, 11) is 1.55. The van der Waals surface area contributed by atoms with Crippen molar-refractivity contribution in [2.75, 3.05) is 20.1 Å². The number of amides is 2. The summed E-state index contributed by atoms with van der Waals surface area (Å²) in [5.41, 5.74) is 0. The Kier molecular flexibility index (Phi) is 4.78. The van der Waals surface area contributed by atoms with Crippen LogP contribution in [-0.4, -0.2) is 53.1 Å². The van der Waals surface area contributed by atoms with Crippen molar-refractivity contribution >= 4 is 12.0 Å². The van der Waals surface area contributed by atoms with Crippen molar-refractivity contribution in [3.63, 3.8) is 0 Å². The zero-order chi connectivity index (χ0) is 13.0. The van der Waals surface area contributed by atoms with Crippen LogP contribution in [0, 0.1) is 5.92 Å². The number of hydrogen-bond donors (Lipinski definition) is 1. The van der Waals surface area contributed by atoms with Crippen LogP contribution in [0.3, 0.4) is 0 Å². The molecule has 1 heterocycles. The van der Waals surface area contributed by atoms with Crippen molar-refractivity contribution in [1.29, 1.82) is 0 Å². The van der Waals surface area contributed by atoms with Gasteiger partial charge in [-0.15, -0.1) is 0 Å². The van der Waals surface area contributed by atoms with Gasteiger partial charge in [0, 0.05) is 20.1 Å². The van der Waals surface area contributed by atoms with E-state index >= 15 is 0 Å². The first kappa shape index (κ1) is 13.8. The Bertz CT molecular complexity index is 293. The quantitative estimate of drug-likeness (QED) is 0.800. The molecule has 1 saturated heterocycles. The fourth-order valence-electron chi connectivity index (χ4n) is 2.01. The van der Waals surface area contributed by atoms with Gasteiger partial charge in [-0.1, -0.05) is 6.92 Å². The number of likely N-dealkylation sites (N-methyl/N-ethyl adjacent to an activating group) is 1. The molecule has 1 aliphatic heterocycles. The molecule has 1 aliphatic rings. The van der Waals surface area contributed by atoms with Crippen molar-refractivity contribution in [3.05, 3.63) is 0 Å². The minimum Gasteiger partial charge on any atom is -0.480 e. The normalized spacial score (nSPS) is 22.8. The molecule has 0 bridgehead atoms. The molecular formula is C12H22N2O3. The van der Waals surface area contributed by atoms with Crippen molar-refractivity contribution in [1.82, 2.24) is 9.80 Å². The van der Waals surface area contributed by atoms with E-state index in [4.69, 9.17) is 5.11 Å². The Hall–Kier alpha value is -1.26. The number of carboxylic acid groups (broad SMARTS) is 1. The van der Waals surface area contributed by atoms with Gasteiger partial charge in [0.1, 0.15) is 6.04 Å². The number of urea groups is 1. The predicted molar refractivity (Wildman–Crippen MR) is 64.8 cm³/mol. The van der Waals surface area contributed by atoms with Crippen molar-refractivity contribution < 1.29 is 14.7 Å². The molecule has 2 atom stereocenters. The van der Waals surface area contributed by atoms with Crippen LogP contribution >= 0.6 is 0 Å². The van der Waals surface area contributed by atoms with Crippen molar-refractivity contribution in [3.8, 4) is 0 Å². The lowest BCUT2D eigenvalue weighted by atomic mass is 10.0. The van der Waals surface area contributed by atoms with Crippen LogP contribution in [0.2, 0.25) is 0 Å². The first-order valence-electron chi connectivity index (χ1n) is 6.18. The standard InChI is InChI=1S/C12H22N2O3/c1-9-5-4-7-14(8-6-9)12(17)13(3)10(2)11(15)16/h9-10H,4-8H2,1-3H3,(H,15,16). The maximum Gasteiger partial charge on any atom is 0.326 e. The molecule has 2 unspecified atom stereocenters. The lowest BCUT2D eigenvalue weighted by Crippen LogP contribution is -2.48. The predicted octanol–water partition coefficient (Wildman–Crippen LogP) is 1.63. The number of rotatable bonds is 2. The molecule has 98 valence electrons. The van der Waals surface area contributed by atoms with Crippen LogP contribution in [0.5, 0.6) is 0 Å². The van der Waals surface area contributed by atoms with E-state index in [2.05, 4.69) is 6.92 Å². The largest absolute Gasteiger partial charge is 0.480 e. The van der Waals surface area contributed by atoms with Crippen LogP contribution in [0.15, 0.2) is 0 Å². The monoisotopic (exact) mass is 242 g/mol. The van der Waals surface area contributed by atoms with Crippen LogP contribution in [0.1, 0.15) is 33.1 Å². The Morgan fingerprint density at radius 1 is 1.35 bits per heavy atom. The summed E-state index contributed by atoms with van der Waals surface area (Å²) in [5, 5.41) is 8.88. The molecule has 0 aliphatic carbocycles. The lowest BCUT2D eigenvalue weighted by molar-refractivity contribution is -0.141. The van der Waals surface area contributed by atoms with E-state index in [1.807, 2.05) is 0 Å². The fraction of sp³-hybridized carbons (Fsp3) is 0.833. The number of hydrogen-bond acceptors (Lipinski definition) is 2. The molecule has 1 N–H and O–H groups in total. The number of carbonyl (C=O) groups excluding carboxylic acids is 1. The number of aliphatic carboxylic acids is 1. The van der Waals surface area contributed by atoms with E-state index < -0.39 is 12.0 Å². The molecule has 5 nitrogen and oxygen atoms in total. The highest BCUT2D eigenvalue weighted by atomic mass is 16.4. The fourth-order valence-corrected chi connectivity index (χ4v) is 2.01. The smallest absolute Gasteiger partial charge is 0.326 e. The second kappa shape index (κ2) is 5.89. The minimum atomic E-state index is -0.968. The summed E-state index contributed by atoms with van der Waals surface area (Å²) < 4.78 is 0. The molecule has 0 aromatic carbocycles. The number of carbonyl (C=O) groups is 2. The topological polar surface area (TPSA) is 60.9 Å². The SMILES string of the molecule is CC1CCCN(C(=O)N(C)C(C)C(=O)O)CC1. The van der Waals surface area contributed by atoms with Gasteiger partial charge in [0.25, 0.3) is 0 Å². The average molecular weight is 242 g/mol. The van der Waals surface area contributed by atoms with Crippen LogP contribution in [0.4, 0.5) is 4.79 Å². The van der Waals surface area contributed by atoms with Crippen molar-refractivity contribution in [2.45, 2.75) is 39.2 Å². The van der Waals surface area contributed by atoms with Gasteiger partial charge in [-0.05, 0) is 32.1 Å². The number of nitrogens with zero attached hydrogens (tertiary/aromatic N) is 2. The summed E-state index contributed by atoms with van der Waals surface area (Å²) in [6.45, 7) is 5.19. The molecular weight excluding hydrogens is 220 g/mol. The summed E-state index contributed by atoms with van der Waals surface area (Å²) >= 11 is 0. The summed E-state index contributed by atoms with van der Waals surface area (Å²) in [5.74, 6) is -0.320. The summed E-state index contributed by atoms with van der Waals surface area (Å²) in [6, 6.07) is -0.947. The van der Waals surface area contributed by atoms with Gasteiger partial charge in [0.2, 0.25) is 0 Å². The summed E-state index contributed by atoms with van der Waals surface area (Å²) in [4.78, 5) is 26.0. The van der Waals surface area contributed by atoms with Gasteiger partial charge < -0.3 is 14.9 Å². The molecule has 1 rings (SSSR count). The Labute approximate surface area is 102 Å². The second-order valence-corrected chi connectivity index (χ2v) is 4.93. The van der Waals surface area contributed by atoms with Gasteiger partial charge in [-0.3, -0.25) is 0 Å². The molecule has 17 heavy (non-hydrogen) atoms. The lowest BCUT2D eigenvalue weighted by Gasteiger charge is -2.29. The minimum absolute atomic E-state index is 0.172. The average Bonchev–Trinajstić information content (AvgIpc) is 2.51. The maximum absolute atomic E-state index is 12.1. The van der Waals surface area contributed by atoms with E-state index in [0.717, 1.165) is 32.4 Å². The third-order valence-corrected chi connectivity index (χ3v) is 3.53. The Morgan fingerprint density at radius 3 is 2.59 bits per heavy atom. The van der Waals surface area contributed by atoms with E-state index in [9.17, 15) is 9.59 Å². The van der Waals surface area contributed by atoms with Crippen LogP contribution < -0.4 is 0 Å². The van der Waals surface area contributed by atoms with Gasteiger partial charge in [-0.25, -0.2) is 9.59 Å². The van der Waals surface area contributed by atoms with E-state index in [0.29, 0.717) is 5.92 Å². The first-order chi connectivity index (χ1) is 7.93. The third kappa shape index (κ3) is 3.61. The van der Waals surface area contributed by atoms with E-state index in [1.54, 1.807) is 11.9 Å². The molecule has 0 radical (unpaired) electrons. The molecule has 2 amide bonds. The van der Waals surface area contributed by atoms with Gasteiger partial charge in [-0.2, -0.15) is 0 Å². The van der Waals surface area contributed by atoms with Crippen LogP contribution in [-0.2, 0) is 4.79 Å². The highest BCUT2D eigenvalue weighted by Crippen LogP contribution is 2.17. The Morgan fingerprint density at radius 2 is 2.00 bits per heavy atom. The molecule has 1 fully saturated rings. The molecule has 0 aromatic heterocycles. The van der Waals surface area contributed by atoms with Crippen molar-refractivity contribution in [2.24, 2.45) is 5.92 Å². The van der Waals surface area contributed by atoms with E-state index in [1.165, 1.54) is 11.8 Å².